The van der Waals surface area contributed by atoms with Gasteiger partial charge in [0.1, 0.15) is 0 Å². The van der Waals surface area contributed by atoms with E-state index in [-0.39, 0.29) is 5.91 Å². The van der Waals surface area contributed by atoms with Gasteiger partial charge in [0.15, 0.2) is 5.69 Å². The summed E-state index contributed by atoms with van der Waals surface area (Å²) in [6.07, 6.45) is 12.7. The number of allylic oxidation sites excluding steroid dienone is 4. The monoisotopic (exact) mass is 571 g/mol. The predicted molar refractivity (Wildman–Crippen MR) is 154 cm³/mol. The highest BCUT2D eigenvalue weighted by Crippen LogP contribution is 2.40. The zero-order valence-corrected chi connectivity index (χ0v) is 24.4. The van der Waals surface area contributed by atoms with Gasteiger partial charge in [-0.2, -0.15) is 5.10 Å². The van der Waals surface area contributed by atoms with Gasteiger partial charge in [-0.05, 0) is 67.6 Å². The van der Waals surface area contributed by atoms with E-state index in [1.807, 2.05) is 4.68 Å². The van der Waals surface area contributed by atoms with E-state index in [0.717, 1.165) is 65.0 Å². The molecule has 0 radical (unpaired) electrons. The molecule has 2 atom stereocenters. The molecule has 2 aliphatic rings. The molecule has 4 rings (SSSR count). The highest BCUT2D eigenvalue weighted by Gasteiger charge is 2.29. The third-order valence-corrected chi connectivity index (χ3v) is 8.63. The Bertz CT molecular complexity index is 1160. The van der Waals surface area contributed by atoms with E-state index in [4.69, 9.17) is 16.7 Å². The number of aromatic nitrogens is 2. The highest BCUT2D eigenvalue weighted by atomic mass is 79.9. The number of benzene rings is 1. The van der Waals surface area contributed by atoms with Crippen LogP contribution in [-0.4, -0.2) is 22.2 Å². The van der Waals surface area contributed by atoms with Crippen molar-refractivity contribution in [2.75, 3.05) is 6.54 Å². The summed E-state index contributed by atoms with van der Waals surface area (Å²) in [5.74, 6) is 1.53. The van der Waals surface area contributed by atoms with Crippen LogP contribution in [0.5, 0.6) is 0 Å². The van der Waals surface area contributed by atoms with Crippen LogP contribution in [-0.2, 0) is 12.8 Å². The molecule has 0 aliphatic heterocycles. The first kappa shape index (κ1) is 27.2. The lowest BCUT2D eigenvalue weighted by Crippen LogP contribution is -2.29. The van der Waals surface area contributed by atoms with Gasteiger partial charge in [-0.3, -0.25) is 4.79 Å². The average Bonchev–Trinajstić information content (AvgIpc) is 3.12. The zero-order chi connectivity index (χ0) is 25.8. The van der Waals surface area contributed by atoms with Crippen LogP contribution < -0.4 is 5.32 Å². The van der Waals surface area contributed by atoms with Gasteiger partial charge in [0.05, 0.1) is 16.4 Å². The standard InChI is InChI=1S/C30H39BrClN3O/c1-5-21(6-2)12-10-20(4)18-33-30(36)28-25-9-7-8-22-17-23(31)13-14-24(22)29(25)35(34-28)27-15-11-19(3)16-26(27)32/h13-17,19-21H,5-12,18H2,1-4H3,(H,33,36). The van der Waals surface area contributed by atoms with Crippen molar-refractivity contribution in [1.82, 2.24) is 15.1 Å². The van der Waals surface area contributed by atoms with Crippen molar-refractivity contribution >= 4 is 39.1 Å². The molecule has 0 saturated heterocycles. The number of nitrogens with one attached hydrogen (secondary N) is 1. The maximum Gasteiger partial charge on any atom is 0.272 e. The molecule has 4 nitrogen and oxygen atoms in total. The maximum atomic E-state index is 13.5. The topological polar surface area (TPSA) is 46.9 Å². The van der Waals surface area contributed by atoms with Crippen LogP contribution >= 0.6 is 27.5 Å². The molecule has 2 unspecified atom stereocenters. The lowest BCUT2D eigenvalue weighted by molar-refractivity contribution is 0.0940. The van der Waals surface area contributed by atoms with E-state index < -0.39 is 0 Å². The van der Waals surface area contributed by atoms with Crippen LogP contribution in [0, 0.1) is 17.8 Å². The number of carbonyl (C=O) groups is 1. The molecule has 6 heteroatoms. The fourth-order valence-corrected chi connectivity index (χ4v) is 6.21. The number of hydrogen-bond donors (Lipinski definition) is 1. The van der Waals surface area contributed by atoms with Crippen LogP contribution in [0.25, 0.3) is 17.0 Å². The van der Waals surface area contributed by atoms with Crippen molar-refractivity contribution in [2.24, 2.45) is 17.8 Å². The largest absolute Gasteiger partial charge is 0.350 e. The molecular formula is C30H39BrClN3O. The molecule has 36 heavy (non-hydrogen) atoms. The maximum absolute atomic E-state index is 13.5. The number of aryl methyl sites for hydroxylation is 1. The molecule has 1 aromatic heterocycles. The van der Waals surface area contributed by atoms with Gasteiger partial charge in [0.2, 0.25) is 0 Å². The van der Waals surface area contributed by atoms with E-state index >= 15 is 0 Å². The molecule has 0 saturated carbocycles. The van der Waals surface area contributed by atoms with E-state index in [9.17, 15) is 4.79 Å². The van der Waals surface area contributed by atoms with E-state index in [1.165, 1.54) is 24.8 Å². The Labute approximate surface area is 229 Å². The molecule has 1 heterocycles. The van der Waals surface area contributed by atoms with Crippen LogP contribution in [0.3, 0.4) is 0 Å². The van der Waals surface area contributed by atoms with Gasteiger partial charge in [0.25, 0.3) is 5.91 Å². The number of amides is 1. The molecule has 1 N–H and O–H groups in total. The van der Waals surface area contributed by atoms with Gasteiger partial charge < -0.3 is 5.32 Å². The second kappa shape index (κ2) is 12.1. The second-order valence-corrected chi connectivity index (χ2v) is 12.0. The van der Waals surface area contributed by atoms with Crippen molar-refractivity contribution in [3.8, 4) is 11.3 Å². The van der Waals surface area contributed by atoms with Crippen LogP contribution in [0.1, 0.15) is 87.8 Å². The van der Waals surface area contributed by atoms with Gasteiger partial charge in [-0.1, -0.05) is 92.7 Å². The van der Waals surface area contributed by atoms with Crippen molar-refractivity contribution in [3.05, 3.63) is 56.7 Å². The Balaban J connectivity index is 1.66. The number of rotatable bonds is 9. The smallest absolute Gasteiger partial charge is 0.272 e. The molecular weight excluding hydrogens is 534 g/mol. The number of halogens is 2. The van der Waals surface area contributed by atoms with E-state index in [2.05, 4.69) is 79.3 Å². The lowest BCUT2D eigenvalue weighted by atomic mass is 9.93. The van der Waals surface area contributed by atoms with Gasteiger partial charge in [0, 0.05) is 22.1 Å². The van der Waals surface area contributed by atoms with Crippen molar-refractivity contribution < 1.29 is 4.79 Å². The summed E-state index contributed by atoms with van der Waals surface area (Å²) in [6.45, 7) is 9.60. The first-order valence-corrected chi connectivity index (χ1v) is 14.8. The molecule has 0 bridgehead atoms. The summed E-state index contributed by atoms with van der Waals surface area (Å²) < 4.78 is 3.00. The summed E-state index contributed by atoms with van der Waals surface area (Å²) in [6, 6.07) is 6.41. The van der Waals surface area contributed by atoms with Gasteiger partial charge in [-0.25, -0.2) is 4.68 Å². The predicted octanol–water partition coefficient (Wildman–Crippen LogP) is 8.39. The Morgan fingerprint density at radius 3 is 2.75 bits per heavy atom. The number of fused-ring (bicyclic) bond motifs is 3. The minimum absolute atomic E-state index is 0.0789. The SMILES string of the molecule is CCC(CC)CCC(C)CNC(=O)c1nn(C2=CCC(C)C=C2Cl)c2c1CCCc1cc(Br)ccc1-2. The Morgan fingerprint density at radius 1 is 1.25 bits per heavy atom. The fraction of sp³-hybridized carbons (Fsp3) is 0.533. The normalized spacial score (nSPS) is 18.1. The Kier molecular flexibility index (Phi) is 9.16. The average molecular weight is 573 g/mol. The van der Waals surface area contributed by atoms with E-state index in [0.29, 0.717) is 29.1 Å². The van der Waals surface area contributed by atoms with Crippen LogP contribution in [0.4, 0.5) is 0 Å². The van der Waals surface area contributed by atoms with Crippen molar-refractivity contribution in [2.45, 2.75) is 79.1 Å². The molecule has 1 amide bonds. The first-order chi connectivity index (χ1) is 17.3. The van der Waals surface area contributed by atoms with Crippen LogP contribution in [0.2, 0.25) is 0 Å². The second-order valence-electron chi connectivity index (χ2n) is 10.6. The Morgan fingerprint density at radius 2 is 2.03 bits per heavy atom. The molecule has 1 aromatic carbocycles. The number of nitrogens with zero attached hydrogens (tertiary/aromatic N) is 2. The minimum Gasteiger partial charge on any atom is -0.350 e. The summed E-state index contributed by atoms with van der Waals surface area (Å²) >= 11 is 10.4. The quantitative estimate of drug-likeness (QED) is 0.328. The summed E-state index contributed by atoms with van der Waals surface area (Å²) in [4.78, 5) is 13.5. The zero-order valence-electron chi connectivity index (χ0n) is 22.0. The number of carbonyl (C=O) groups excluding carboxylic acids is 1. The summed E-state index contributed by atoms with van der Waals surface area (Å²) in [5, 5.41) is 8.84. The molecule has 2 aliphatic carbocycles. The van der Waals surface area contributed by atoms with Crippen LogP contribution in [0.15, 0.2) is 39.9 Å². The third kappa shape index (κ3) is 5.99. The number of hydrogen-bond acceptors (Lipinski definition) is 2. The lowest BCUT2D eigenvalue weighted by Gasteiger charge is -2.18. The van der Waals surface area contributed by atoms with E-state index in [1.54, 1.807) is 0 Å². The minimum atomic E-state index is -0.0789. The summed E-state index contributed by atoms with van der Waals surface area (Å²) in [7, 11) is 0. The van der Waals surface area contributed by atoms with Crippen molar-refractivity contribution in [3.63, 3.8) is 0 Å². The first-order valence-electron chi connectivity index (χ1n) is 13.6. The molecule has 194 valence electrons. The molecule has 2 aromatic rings. The van der Waals surface area contributed by atoms with Gasteiger partial charge in [-0.15, -0.1) is 0 Å². The molecule has 0 spiro atoms. The third-order valence-electron chi connectivity index (χ3n) is 7.81. The van der Waals surface area contributed by atoms with Crippen molar-refractivity contribution in [1.29, 1.82) is 0 Å². The molecule has 0 fully saturated rings. The highest BCUT2D eigenvalue weighted by molar-refractivity contribution is 9.10. The fourth-order valence-electron chi connectivity index (χ4n) is 5.43. The van der Waals surface area contributed by atoms with Gasteiger partial charge >= 0.3 is 0 Å². The Hall–Kier alpha value is -1.85. The summed E-state index contributed by atoms with van der Waals surface area (Å²) in [5.41, 5.74) is 5.86.